The van der Waals surface area contributed by atoms with Crippen LogP contribution in [0, 0.1) is 17.2 Å². The van der Waals surface area contributed by atoms with Crippen molar-refractivity contribution in [1.29, 1.82) is 5.26 Å². The summed E-state index contributed by atoms with van der Waals surface area (Å²) < 4.78 is 0. The Bertz CT molecular complexity index is 304. The first-order chi connectivity index (χ1) is 7.74. The molecule has 0 aromatic rings. The molecule has 1 saturated carbocycles. The molecule has 1 saturated heterocycles. The van der Waals surface area contributed by atoms with Gasteiger partial charge in [-0.3, -0.25) is 4.79 Å². The van der Waals surface area contributed by atoms with Crippen molar-refractivity contribution in [1.82, 2.24) is 4.90 Å². The number of nitriles is 1. The lowest BCUT2D eigenvalue weighted by atomic mass is 9.97. The van der Waals surface area contributed by atoms with Crippen molar-refractivity contribution in [2.24, 2.45) is 11.7 Å². The van der Waals surface area contributed by atoms with Crippen LogP contribution in [-0.2, 0) is 4.79 Å². The normalized spacial score (nSPS) is 28.0. The summed E-state index contributed by atoms with van der Waals surface area (Å²) in [5.41, 5.74) is 6.02. The quantitative estimate of drug-likeness (QED) is 0.756. The molecule has 1 aliphatic carbocycles. The maximum absolute atomic E-state index is 12.2. The van der Waals surface area contributed by atoms with Gasteiger partial charge < -0.3 is 10.6 Å². The number of likely N-dealkylation sites (tertiary alicyclic amines) is 1. The van der Waals surface area contributed by atoms with E-state index in [0.717, 1.165) is 25.7 Å². The topological polar surface area (TPSA) is 70.1 Å². The second kappa shape index (κ2) is 4.84. The van der Waals surface area contributed by atoms with Gasteiger partial charge in [-0.2, -0.15) is 5.26 Å². The third kappa shape index (κ3) is 2.05. The SMILES string of the molecule is N#C[C@@H]1CCCN1C(=O)C(N)C1CCCC1. The zero-order chi connectivity index (χ0) is 11.5. The van der Waals surface area contributed by atoms with Gasteiger partial charge in [0.25, 0.3) is 0 Å². The molecule has 4 nitrogen and oxygen atoms in total. The molecule has 0 radical (unpaired) electrons. The minimum atomic E-state index is -0.378. The highest BCUT2D eigenvalue weighted by Crippen LogP contribution is 2.28. The molecule has 4 heteroatoms. The molecule has 2 aliphatic rings. The Morgan fingerprint density at radius 1 is 1.31 bits per heavy atom. The van der Waals surface area contributed by atoms with Crippen molar-refractivity contribution in [2.75, 3.05) is 6.54 Å². The van der Waals surface area contributed by atoms with Gasteiger partial charge in [0.2, 0.25) is 5.91 Å². The maximum atomic E-state index is 12.2. The van der Waals surface area contributed by atoms with Gasteiger partial charge in [-0.25, -0.2) is 0 Å². The molecule has 2 atom stereocenters. The van der Waals surface area contributed by atoms with Crippen LogP contribution in [-0.4, -0.2) is 29.4 Å². The van der Waals surface area contributed by atoms with E-state index >= 15 is 0 Å². The molecule has 1 unspecified atom stereocenters. The molecule has 1 amide bonds. The van der Waals surface area contributed by atoms with E-state index in [1.807, 2.05) is 0 Å². The highest BCUT2D eigenvalue weighted by molar-refractivity contribution is 5.82. The van der Waals surface area contributed by atoms with E-state index in [1.54, 1.807) is 4.90 Å². The standard InChI is InChI=1S/C12H19N3O/c13-8-10-6-3-7-15(10)12(16)11(14)9-4-1-2-5-9/h9-11H,1-7,14H2/t10-,11?/m0/s1. The van der Waals surface area contributed by atoms with E-state index in [2.05, 4.69) is 6.07 Å². The Morgan fingerprint density at radius 2 is 2.00 bits per heavy atom. The van der Waals surface area contributed by atoms with Gasteiger partial charge in [0.05, 0.1) is 12.1 Å². The number of amides is 1. The Kier molecular flexibility index (Phi) is 3.45. The molecule has 2 rings (SSSR count). The van der Waals surface area contributed by atoms with E-state index < -0.39 is 0 Å². The van der Waals surface area contributed by atoms with Gasteiger partial charge in [-0.05, 0) is 31.6 Å². The molecule has 0 aromatic carbocycles. The van der Waals surface area contributed by atoms with Gasteiger partial charge in [0, 0.05) is 6.54 Å². The van der Waals surface area contributed by atoms with E-state index in [0.29, 0.717) is 12.5 Å². The number of nitrogens with zero attached hydrogens (tertiary/aromatic N) is 2. The Balaban J connectivity index is 1.98. The molecule has 0 aromatic heterocycles. The van der Waals surface area contributed by atoms with E-state index in [-0.39, 0.29) is 18.0 Å². The molecule has 0 bridgehead atoms. The lowest BCUT2D eigenvalue weighted by Crippen LogP contribution is -2.48. The minimum absolute atomic E-state index is 0.00375. The van der Waals surface area contributed by atoms with Crippen LogP contribution in [0.2, 0.25) is 0 Å². The summed E-state index contributed by atoms with van der Waals surface area (Å²) in [7, 11) is 0. The highest BCUT2D eigenvalue weighted by atomic mass is 16.2. The predicted octanol–water partition coefficient (Wildman–Crippen LogP) is 1.02. The molecule has 0 spiro atoms. The molecular formula is C12H19N3O. The second-order valence-corrected chi connectivity index (χ2v) is 4.89. The zero-order valence-electron chi connectivity index (χ0n) is 9.56. The lowest BCUT2D eigenvalue weighted by Gasteiger charge is -2.26. The fourth-order valence-corrected chi connectivity index (χ4v) is 2.87. The number of nitrogens with two attached hydrogens (primary N) is 1. The molecule has 2 fully saturated rings. The van der Waals surface area contributed by atoms with Gasteiger partial charge in [0.15, 0.2) is 0 Å². The zero-order valence-corrected chi connectivity index (χ0v) is 9.56. The van der Waals surface area contributed by atoms with E-state index in [4.69, 9.17) is 11.0 Å². The lowest BCUT2D eigenvalue weighted by molar-refractivity contribution is -0.133. The van der Waals surface area contributed by atoms with Gasteiger partial charge in [-0.15, -0.1) is 0 Å². The third-order valence-electron chi connectivity index (χ3n) is 3.88. The Morgan fingerprint density at radius 3 is 2.62 bits per heavy atom. The smallest absolute Gasteiger partial charge is 0.240 e. The van der Waals surface area contributed by atoms with Crippen LogP contribution < -0.4 is 5.73 Å². The van der Waals surface area contributed by atoms with Crippen molar-refractivity contribution < 1.29 is 4.79 Å². The van der Waals surface area contributed by atoms with Gasteiger partial charge in [0.1, 0.15) is 6.04 Å². The Hall–Kier alpha value is -1.08. The van der Waals surface area contributed by atoms with Crippen LogP contribution >= 0.6 is 0 Å². The fraction of sp³-hybridized carbons (Fsp3) is 0.833. The minimum Gasteiger partial charge on any atom is -0.325 e. The first-order valence-corrected chi connectivity index (χ1v) is 6.19. The number of rotatable bonds is 2. The van der Waals surface area contributed by atoms with Crippen molar-refractivity contribution >= 4 is 5.91 Å². The summed E-state index contributed by atoms with van der Waals surface area (Å²) in [6.45, 7) is 0.706. The fourth-order valence-electron chi connectivity index (χ4n) is 2.87. The van der Waals surface area contributed by atoms with Crippen LogP contribution in [0.3, 0.4) is 0 Å². The van der Waals surface area contributed by atoms with E-state index in [9.17, 15) is 4.79 Å². The monoisotopic (exact) mass is 221 g/mol. The number of hydrogen-bond donors (Lipinski definition) is 1. The average molecular weight is 221 g/mol. The van der Waals surface area contributed by atoms with Crippen molar-refractivity contribution in [3.63, 3.8) is 0 Å². The highest BCUT2D eigenvalue weighted by Gasteiger charge is 2.35. The molecule has 1 aliphatic heterocycles. The van der Waals surface area contributed by atoms with Crippen LogP contribution in [0.25, 0.3) is 0 Å². The molecular weight excluding hydrogens is 202 g/mol. The molecule has 88 valence electrons. The predicted molar refractivity (Wildman–Crippen MR) is 60.3 cm³/mol. The summed E-state index contributed by atoms with van der Waals surface area (Å²) in [5.74, 6) is 0.336. The number of hydrogen-bond acceptors (Lipinski definition) is 3. The molecule has 1 heterocycles. The van der Waals surface area contributed by atoms with E-state index in [1.165, 1.54) is 12.8 Å². The largest absolute Gasteiger partial charge is 0.325 e. The van der Waals surface area contributed by atoms with Crippen LogP contribution in [0.4, 0.5) is 0 Å². The second-order valence-electron chi connectivity index (χ2n) is 4.89. The van der Waals surface area contributed by atoms with Gasteiger partial charge >= 0.3 is 0 Å². The molecule has 2 N–H and O–H groups in total. The summed E-state index contributed by atoms with van der Waals surface area (Å²) in [5, 5.41) is 8.95. The first kappa shape index (κ1) is 11.4. The first-order valence-electron chi connectivity index (χ1n) is 6.19. The maximum Gasteiger partial charge on any atom is 0.240 e. The van der Waals surface area contributed by atoms with Crippen LogP contribution in [0.5, 0.6) is 0 Å². The third-order valence-corrected chi connectivity index (χ3v) is 3.88. The molecule has 16 heavy (non-hydrogen) atoms. The summed E-state index contributed by atoms with van der Waals surface area (Å²) in [4.78, 5) is 13.8. The summed E-state index contributed by atoms with van der Waals surface area (Å²) >= 11 is 0. The van der Waals surface area contributed by atoms with Crippen LogP contribution in [0.15, 0.2) is 0 Å². The van der Waals surface area contributed by atoms with Crippen molar-refractivity contribution in [3.8, 4) is 6.07 Å². The van der Waals surface area contributed by atoms with Crippen molar-refractivity contribution in [3.05, 3.63) is 0 Å². The number of carbonyl (C=O) groups is 1. The average Bonchev–Trinajstić information content (AvgIpc) is 2.97. The summed E-state index contributed by atoms with van der Waals surface area (Å²) in [6.07, 6.45) is 6.25. The van der Waals surface area contributed by atoms with Gasteiger partial charge in [-0.1, -0.05) is 12.8 Å². The Labute approximate surface area is 96.4 Å². The van der Waals surface area contributed by atoms with Crippen molar-refractivity contribution in [2.45, 2.75) is 50.6 Å². The number of carbonyl (C=O) groups excluding carboxylic acids is 1. The summed E-state index contributed by atoms with van der Waals surface area (Å²) in [6, 6.07) is 1.58. The van der Waals surface area contributed by atoms with Crippen LogP contribution in [0.1, 0.15) is 38.5 Å².